The number of carbonyl (C=O) groups is 5. The van der Waals surface area contributed by atoms with Gasteiger partial charge in [-0.2, -0.15) is 0 Å². The molecule has 13 heteroatoms. The number of rotatable bonds is 13. The summed E-state index contributed by atoms with van der Waals surface area (Å²) in [5.41, 5.74) is 0.940. The summed E-state index contributed by atoms with van der Waals surface area (Å²) in [7, 11) is 1.33. The molecule has 0 bridgehead atoms. The molecular weight excluding hydrogens is 628 g/mol. The Bertz CT molecular complexity index is 997. The molecule has 0 spiro atoms. The summed E-state index contributed by atoms with van der Waals surface area (Å²) in [6.07, 6.45) is 8.08. The average molecular weight is 683 g/mol. The molecule has 1 rings (SSSR count). The SMILES string of the molecule is C=C(C)C(=O)OC.C=CC(=O)O.C=CC(=O)O.C=CC(=O)O.C=CC(=O)OCCCC.C=Cc1ccccc1.CCC(CO)(CO)CO. The smallest absolute Gasteiger partial charge is 0.332 e. The number of carbonyl (C=O) groups excluding carboxylic acids is 2. The van der Waals surface area contributed by atoms with E-state index in [1.807, 2.05) is 50.3 Å². The molecule has 1 aromatic rings. The predicted octanol–water partition coefficient (Wildman–Crippen LogP) is 4.71. The lowest BCUT2D eigenvalue weighted by atomic mass is 9.88. The van der Waals surface area contributed by atoms with Crippen LogP contribution in [0.1, 0.15) is 45.6 Å². The standard InChI is InChI=1S/C8H8.C7H12O2.C6H14O3.C5H8O2.3C3H4O2/c1-2-8-6-4-3-5-7-8;1-3-5-6-9-7(8)4-2;1-2-6(3-7,4-8)5-9;1-4(2)5(6)7-3;3*1-2-3(4)5/h2-7H,1H2;4H,2-3,5-6H2,1H3;7-9H,2-5H2,1H3;1H2,2-3H3;3*2H,1H2,(H,4,5). The van der Waals surface area contributed by atoms with Gasteiger partial charge in [0, 0.05) is 35.3 Å². The fourth-order valence-corrected chi connectivity index (χ4v) is 1.62. The van der Waals surface area contributed by atoms with Gasteiger partial charge < -0.3 is 40.1 Å². The van der Waals surface area contributed by atoms with E-state index in [2.05, 4.69) is 48.9 Å². The van der Waals surface area contributed by atoms with Gasteiger partial charge in [0.25, 0.3) is 0 Å². The molecule has 0 amide bonds. The number of ether oxygens (including phenoxy) is 2. The molecular formula is C35H54O13. The van der Waals surface area contributed by atoms with Crippen molar-refractivity contribution in [1.82, 2.24) is 0 Å². The van der Waals surface area contributed by atoms with Gasteiger partial charge in [0.1, 0.15) is 0 Å². The van der Waals surface area contributed by atoms with E-state index in [0.717, 1.165) is 31.1 Å². The highest BCUT2D eigenvalue weighted by atomic mass is 16.5. The number of carboxylic acid groups (broad SMARTS) is 3. The number of esters is 2. The van der Waals surface area contributed by atoms with Crippen LogP contribution in [-0.2, 0) is 33.4 Å². The lowest BCUT2D eigenvalue weighted by molar-refractivity contribution is -0.138. The number of aliphatic carboxylic acids is 3. The predicted molar refractivity (Wildman–Crippen MR) is 187 cm³/mol. The third-order valence-electron chi connectivity index (χ3n) is 4.76. The summed E-state index contributed by atoms with van der Waals surface area (Å²) < 4.78 is 8.95. The molecule has 0 aliphatic carbocycles. The Hall–Kier alpha value is -5.11. The van der Waals surface area contributed by atoms with Crippen LogP contribution < -0.4 is 0 Å². The quantitative estimate of drug-likeness (QED) is 0.0943. The molecule has 0 radical (unpaired) electrons. The first-order valence-corrected chi connectivity index (χ1v) is 14.1. The molecule has 0 heterocycles. The van der Waals surface area contributed by atoms with Gasteiger partial charge in [0.15, 0.2) is 0 Å². The van der Waals surface area contributed by atoms with Gasteiger partial charge in [-0.3, -0.25) is 0 Å². The summed E-state index contributed by atoms with van der Waals surface area (Å²) in [5.74, 6) is -3.62. The van der Waals surface area contributed by atoms with Crippen LogP contribution in [0.25, 0.3) is 6.08 Å². The molecule has 48 heavy (non-hydrogen) atoms. The Kier molecular flexibility index (Phi) is 48.3. The van der Waals surface area contributed by atoms with Crippen LogP contribution in [0.2, 0.25) is 0 Å². The zero-order valence-electron chi connectivity index (χ0n) is 28.5. The van der Waals surface area contributed by atoms with Gasteiger partial charge in [0.2, 0.25) is 0 Å². The first-order chi connectivity index (χ1) is 22.5. The number of aliphatic hydroxyl groups is 3. The topological polar surface area (TPSA) is 225 Å². The molecule has 0 aromatic heterocycles. The Morgan fingerprint density at radius 1 is 0.750 bits per heavy atom. The van der Waals surface area contributed by atoms with E-state index < -0.39 is 23.3 Å². The number of benzene rings is 1. The minimum atomic E-state index is -0.981. The number of aliphatic hydroxyl groups excluding tert-OH is 3. The first-order valence-electron chi connectivity index (χ1n) is 14.1. The van der Waals surface area contributed by atoms with E-state index in [1.165, 1.54) is 18.7 Å². The Labute approximate surface area is 284 Å². The number of methoxy groups -OCH3 is 1. The lowest BCUT2D eigenvalue weighted by Crippen LogP contribution is -2.32. The van der Waals surface area contributed by atoms with Crippen molar-refractivity contribution in [3.05, 3.63) is 105 Å². The zero-order valence-corrected chi connectivity index (χ0v) is 28.5. The Morgan fingerprint density at radius 2 is 1.12 bits per heavy atom. The monoisotopic (exact) mass is 682 g/mol. The average Bonchev–Trinajstić information content (AvgIpc) is 3.10. The minimum absolute atomic E-state index is 0.156. The fraction of sp³-hybridized carbons (Fsp3) is 0.343. The van der Waals surface area contributed by atoms with Crippen LogP contribution in [0.15, 0.2) is 99.7 Å². The molecule has 0 atom stereocenters. The molecule has 13 nitrogen and oxygen atoms in total. The second-order valence-corrected chi connectivity index (χ2v) is 8.57. The van der Waals surface area contributed by atoms with E-state index in [-0.39, 0.29) is 31.8 Å². The van der Waals surface area contributed by atoms with Crippen LogP contribution in [0.5, 0.6) is 0 Å². The van der Waals surface area contributed by atoms with Crippen molar-refractivity contribution >= 4 is 35.9 Å². The lowest BCUT2D eigenvalue weighted by Gasteiger charge is -2.24. The molecule has 1 aromatic carbocycles. The molecule has 6 N–H and O–H groups in total. The summed E-state index contributed by atoms with van der Waals surface area (Å²) in [4.78, 5) is 48.3. The van der Waals surface area contributed by atoms with Gasteiger partial charge in [-0.1, -0.05) is 96.1 Å². The van der Waals surface area contributed by atoms with Crippen molar-refractivity contribution in [3.63, 3.8) is 0 Å². The van der Waals surface area contributed by atoms with Crippen LogP contribution >= 0.6 is 0 Å². The van der Waals surface area contributed by atoms with Crippen molar-refractivity contribution in [3.8, 4) is 0 Å². The van der Waals surface area contributed by atoms with E-state index >= 15 is 0 Å². The first kappa shape index (κ1) is 55.3. The van der Waals surface area contributed by atoms with Crippen molar-refractivity contribution < 1.29 is 64.1 Å². The normalized spacial score (nSPS) is 8.40. The highest BCUT2D eigenvalue weighted by Crippen LogP contribution is 2.18. The fourth-order valence-electron chi connectivity index (χ4n) is 1.62. The molecule has 0 saturated carbocycles. The highest BCUT2D eigenvalue weighted by Gasteiger charge is 2.24. The van der Waals surface area contributed by atoms with Crippen molar-refractivity contribution in [2.24, 2.45) is 5.41 Å². The number of unbranched alkanes of at least 4 members (excludes halogenated alkanes) is 1. The Morgan fingerprint density at radius 3 is 1.27 bits per heavy atom. The third kappa shape index (κ3) is 50.5. The molecule has 0 aliphatic rings. The van der Waals surface area contributed by atoms with Gasteiger partial charge in [0.05, 0.1) is 33.5 Å². The van der Waals surface area contributed by atoms with Crippen LogP contribution in [0.3, 0.4) is 0 Å². The molecule has 0 saturated heterocycles. The molecule has 272 valence electrons. The summed E-state index contributed by atoms with van der Waals surface area (Å²) in [6, 6.07) is 10.0. The molecule has 0 aliphatic heterocycles. The maximum Gasteiger partial charge on any atom is 0.332 e. The second-order valence-electron chi connectivity index (χ2n) is 8.57. The Balaban J connectivity index is -0.000000109. The summed E-state index contributed by atoms with van der Waals surface area (Å²) in [5, 5.41) is 48.8. The van der Waals surface area contributed by atoms with E-state index in [0.29, 0.717) is 18.6 Å². The number of hydrogen-bond donors (Lipinski definition) is 6. The van der Waals surface area contributed by atoms with Gasteiger partial charge in [-0.25, -0.2) is 24.0 Å². The van der Waals surface area contributed by atoms with E-state index in [1.54, 1.807) is 6.92 Å². The summed E-state index contributed by atoms with van der Waals surface area (Å²) in [6.45, 7) is 24.6. The van der Waals surface area contributed by atoms with E-state index in [4.69, 9.17) is 30.6 Å². The van der Waals surface area contributed by atoms with Crippen LogP contribution in [0, 0.1) is 5.41 Å². The second kappa shape index (κ2) is 41.9. The van der Waals surface area contributed by atoms with Crippen molar-refractivity contribution in [2.45, 2.75) is 40.0 Å². The van der Waals surface area contributed by atoms with Crippen LogP contribution in [0.4, 0.5) is 0 Å². The van der Waals surface area contributed by atoms with Crippen molar-refractivity contribution in [1.29, 1.82) is 0 Å². The van der Waals surface area contributed by atoms with Crippen LogP contribution in [-0.4, -0.2) is 94.0 Å². The maximum absolute atomic E-state index is 10.3. The maximum atomic E-state index is 10.3. The minimum Gasteiger partial charge on any atom is -0.478 e. The van der Waals surface area contributed by atoms with E-state index in [9.17, 15) is 24.0 Å². The molecule has 0 unspecified atom stereocenters. The van der Waals surface area contributed by atoms with Gasteiger partial charge >= 0.3 is 29.8 Å². The zero-order chi connectivity index (χ0) is 39.0. The van der Waals surface area contributed by atoms with Crippen molar-refractivity contribution in [2.75, 3.05) is 33.5 Å². The largest absolute Gasteiger partial charge is 0.478 e. The molecule has 0 fully saturated rings. The summed E-state index contributed by atoms with van der Waals surface area (Å²) >= 11 is 0. The van der Waals surface area contributed by atoms with Gasteiger partial charge in [-0.15, -0.1) is 0 Å². The highest BCUT2D eigenvalue weighted by molar-refractivity contribution is 5.86. The third-order valence-corrected chi connectivity index (χ3v) is 4.76. The number of hydrogen-bond acceptors (Lipinski definition) is 10. The number of carboxylic acids is 3. The van der Waals surface area contributed by atoms with Gasteiger partial charge in [-0.05, 0) is 25.3 Å².